The Kier molecular flexibility index (Phi) is 3.30. The maximum atomic E-state index is 13.0. The summed E-state index contributed by atoms with van der Waals surface area (Å²) >= 11 is 0. The predicted octanol–water partition coefficient (Wildman–Crippen LogP) is 1.57. The van der Waals surface area contributed by atoms with Crippen LogP contribution in [0.3, 0.4) is 0 Å². The number of rotatable bonds is 3. The molecule has 0 saturated heterocycles. The van der Waals surface area contributed by atoms with Crippen molar-refractivity contribution in [1.82, 2.24) is 0 Å². The molecule has 1 aromatic carbocycles. The Hall–Kier alpha value is -1.75. The molecule has 0 unspecified atom stereocenters. The summed E-state index contributed by atoms with van der Waals surface area (Å²) in [5.41, 5.74) is 0.600. The fraction of sp³-hybridized carbons (Fsp3) is 0.111. The lowest BCUT2D eigenvalue weighted by atomic mass is 10.1. The van der Waals surface area contributed by atoms with Crippen molar-refractivity contribution in [1.29, 1.82) is 0 Å². The Labute approximate surface area is 79.4 Å². The summed E-state index contributed by atoms with van der Waals surface area (Å²) in [4.78, 5) is 9.31. The van der Waals surface area contributed by atoms with Gasteiger partial charge < -0.3 is 5.11 Å². The van der Waals surface area contributed by atoms with Gasteiger partial charge in [-0.1, -0.05) is 6.07 Å². The quantitative estimate of drug-likeness (QED) is 0.590. The fourth-order valence-corrected chi connectivity index (χ4v) is 0.960. The molecule has 0 heterocycles. The fourth-order valence-electron chi connectivity index (χ4n) is 0.960. The summed E-state index contributed by atoms with van der Waals surface area (Å²) in [5, 5.41) is 18.7. The molecule has 74 valence electrons. The van der Waals surface area contributed by atoms with Gasteiger partial charge in [-0.3, -0.25) is 10.1 Å². The van der Waals surface area contributed by atoms with E-state index >= 15 is 0 Å². The summed E-state index contributed by atoms with van der Waals surface area (Å²) in [5.74, 6) is -0.555. The van der Waals surface area contributed by atoms with E-state index in [9.17, 15) is 14.5 Å². The zero-order chi connectivity index (χ0) is 10.6. The van der Waals surface area contributed by atoms with Crippen LogP contribution in [0.15, 0.2) is 24.4 Å². The second kappa shape index (κ2) is 4.48. The van der Waals surface area contributed by atoms with E-state index in [-0.39, 0.29) is 12.2 Å². The minimum Gasteiger partial charge on any atom is -0.392 e. The van der Waals surface area contributed by atoms with Crippen LogP contribution in [0.1, 0.15) is 11.1 Å². The highest BCUT2D eigenvalue weighted by molar-refractivity contribution is 5.50. The molecule has 0 aliphatic carbocycles. The minimum atomic E-state index is -0.676. The van der Waals surface area contributed by atoms with E-state index < -0.39 is 10.7 Å². The van der Waals surface area contributed by atoms with Crippen LogP contribution in [-0.4, -0.2) is 10.0 Å². The molecule has 4 nitrogen and oxygen atoms in total. The monoisotopic (exact) mass is 197 g/mol. The number of nitrogens with zero attached hydrogens (tertiary/aromatic N) is 1. The molecule has 1 aromatic rings. The Bertz CT molecular complexity index is 376. The molecule has 1 rings (SSSR count). The van der Waals surface area contributed by atoms with E-state index in [1.807, 2.05) is 0 Å². The molecule has 5 heteroatoms. The van der Waals surface area contributed by atoms with Crippen LogP contribution in [0.2, 0.25) is 0 Å². The summed E-state index contributed by atoms with van der Waals surface area (Å²) in [6.45, 7) is -0.223. The van der Waals surface area contributed by atoms with E-state index in [4.69, 9.17) is 5.11 Å². The zero-order valence-electron chi connectivity index (χ0n) is 7.18. The highest BCUT2D eigenvalue weighted by Crippen LogP contribution is 2.12. The van der Waals surface area contributed by atoms with E-state index in [2.05, 4.69) is 0 Å². The Balaban J connectivity index is 3.00. The molecule has 0 saturated carbocycles. The van der Waals surface area contributed by atoms with Gasteiger partial charge in [0.25, 0.3) is 0 Å². The first-order valence-electron chi connectivity index (χ1n) is 3.84. The van der Waals surface area contributed by atoms with E-state index in [0.29, 0.717) is 11.8 Å². The predicted molar refractivity (Wildman–Crippen MR) is 48.4 cm³/mol. The van der Waals surface area contributed by atoms with Crippen molar-refractivity contribution in [3.63, 3.8) is 0 Å². The second-order valence-corrected chi connectivity index (χ2v) is 2.62. The van der Waals surface area contributed by atoms with Gasteiger partial charge >= 0.3 is 0 Å². The van der Waals surface area contributed by atoms with Gasteiger partial charge in [0, 0.05) is 11.6 Å². The van der Waals surface area contributed by atoms with Gasteiger partial charge in [-0.15, -0.1) is 0 Å². The SMILES string of the molecule is O=[N+]([O-])C=Cc1cc(CO)ccc1F. The minimum absolute atomic E-state index is 0.0910. The normalized spacial score (nSPS) is 10.7. The molecular weight excluding hydrogens is 189 g/mol. The van der Waals surface area contributed by atoms with Crippen molar-refractivity contribution in [2.45, 2.75) is 6.61 Å². The van der Waals surface area contributed by atoms with Crippen LogP contribution >= 0.6 is 0 Å². The van der Waals surface area contributed by atoms with Crippen molar-refractivity contribution < 1.29 is 14.4 Å². The smallest absolute Gasteiger partial charge is 0.235 e. The zero-order valence-corrected chi connectivity index (χ0v) is 7.18. The number of nitro groups is 1. The Morgan fingerprint density at radius 3 is 2.86 bits per heavy atom. The van der Waals surface area contributed by atoms with Crippen molar-refractivity contribution in [3.05, 3.63) is 51.5 Å². The molecule has 0 fully saturated rings. The highest BCUT2D eigenvalue weighted by Gasteiger charge is 2.01. The number of hydrogen-bond donors (Lipinski definition) is 1. The van der Waals surface area contributed by atoms with E-state index in [1.54, 1.807) is 0 Å². The van der Waals surface area contributed by atoms with Gasteiger partial charge in [-0.05, 0) is 17.7 Å². The molecule has 0 radical (unpaired) electrons. The molecule has 0 aliphatic rings. The Morgan fingerprint density at radius 2 is 2.29 bits per heavy atom. The maximum Gasteiger partial charge on any atom is 0.235 e. The van der Waals surface area contributed by atoms with Crippen LogP contribution in [-0.2, 0) is 6.61 Å². The number of halogens is 1. The average molecular weight is 197 g/mol. The van der Waals surface area contributed by atoms with Crippen molar-refractivity contribution in [2.75, 3.05) is 0 Å². The molecule has 0 spiro atoms. The maximum absolute atomic E-state index is 13.0. The standard InChI is InChI=1S/C9H8FNO3/c10-9-2-1-7(6-12)5-8(9)3-4-11(13)14/h1-5,12H,6H2. The van der Waals surface area contributed by atoms with Crippen molar-refractivity contribution in [2.24, 2.45) is 0 Å². The van der Waals surface area contributed by atoms with Crippen LogP contribution in [0.25, 0.3) is 6.08 Å². The van der Waals surface area contributed by atoms with Crippen LogP contribution < -0.4 is 0 Å². The summed E-state index contributed by atoms with van der Waals surface area (Å²) in [6, 6.07) is 3.93. The molecule has 0 amide bonds. The molecule has 0 bridgehead atoms. The third-order valence-electron chi connectivity index (χ3n) is 1.62. The summed E-state index contributed by atoms with van der Waals surface area (Å²) in [7, 11) is 0. The molecule has 0 aromatic heterocycles. The lowest BCUT2D eigenvalue weighted by molar-refractivity contribution is -0.400. The summed E-state index contributed by atoms with van der Waals surface area (Å²) < 4.78 is 13.0. The number of aliphatic hydroxyl groups is 1. The molecular formula is C9H8FNO3. The second-order valence-electron chi connectivity index (χ2n) is 2.62. The average Bonchev–Trinajstić information content (AvgIpc) is 2.16. The third kappa shape index (κ3) is 2.63. The van der Waals surface area contributed by atoms with Gasteiger partial charge in [-0.2, -0.15) is 0 Å². The van der Waals surface area contributed by atoms with Gasteiger partial charge in [-0.25, -0.2) is 4.39 Å². The van der Waals surface area contributed by atoms with Gasteiger partial charge in [0.15, 0.2) is 0 Å². The van der Waals surface area contributed by atoms with Gasteiger partial charge in [0.1, 0.15) is 5.82 Å². The highest BCUT2D eigenvalue weighted by atomic mass is 19.1. The molecule has 14 heavy (non-hydrogen) atoms. The van der Waals surface area contributed by atoms with E-state index in [0.717, 1.165) is 12.1 Å². The summed E-state index contributed by atoms with van der Waals surface area (Å²) in [6.07, 6.45) is 1.70. The molecule has 0 aliphatic heterocycles. The van der Waals surface area contributed by atoms with Crippen LogP contribution in [0.4, 0.5) is 4.39 Å². The van der Waals surface area contributed by atoms with Crippen LogP contribution in [0, 0.1) is 15.9 Å². The molecule has 0 atom stereocenters. The van der Waals surface area contributed by atoms with Crippen molar-refractivity contribution in [3.8, 4) is 0 Å². The largest absolute Gasteiger partial charge is 0.392 e. The Morgan fingerprint density at radius 1 is 1.57 bits per heavy atom. The van der Waals surface area contributed by atoms with Crippen molar-refractivity contribution >= 4 is 6.08 Å². The van der Waals surface area contributed by atoms with E-state index in [1.165, 1.54) is 12.1 Å². The van der Waals surface area contributed by atoms with Gasteiger partial charge in [0.05, 0.1) is 11.5 Å². The lowest BCUT2D eigenvalue weighted by Crippen LogP contribution is -1.89. The first-order chi connectivity index (χ1) is 6.63. The van der Waals surface area contributed by atoms with Crippen LogP contribution in [0.5, 0.6) is 0 Å². The topological polar surface area (TPSA) is 63.4 Å². The third-order valence-corrected chi connectivity index (χ3v) is 1.62. The van der Waals surface area contributed by atoms with Gasteiger partial charge in [0.2, 0.25) is 6.20 Å². The number of aliphatic hydroxyl groups excluding tert-OH is 1. The molecule has 1 N–H and O–H groups in total. The lowest BCUT2D eigenvalue weighted by Gasteiger charge is -1.98. The number of hydrogen-bond acceptors (Lipinski definition) is 3. The first-order valence-corrected chi connectivity index (χ1v) is 3.84. The first kappa shape index (κ1) is 10.3. The number of benzene rings is 1.